The summed E-state index contributed by atoms with van der Waals surface area (Å²) in [7, 11) is 0. The second kappa shape index (κ2) is 8.45. The molecule has 1 heterocycles. The maximum atomic E-state index is 12.6. The molecule has 27 heavy (non-hydrogen) atoms. The molecule has 0 aliphatic carbocycles. The number of nitrogens with zero attached hydrogens (tertiary/aromatic N) is 3. The second-order valence-electron chi connectivity index (χ2n) is 6.72. The predicted molar refractivity (Wildman–Crippen MR) is 109 cm³/mol. The van der Waals surface area contributed by atoms with E-state index in [0.29, 0.717) is 18.2 Å². The number of amides is 1. The first-order valence-electron chi connectivity index (χ1n) is 9.05. The monoisotopic (exact) mass is 360 g/mol. The van der Waals surface area contributed by atoms with Gasteiger partial charge in [0.25, 0.3) is 5.91 Å². The average molecular weight is 360 g/mol. The Morgan fingerprint density at radius 1 is 1.04 bits per heavy atom. The van der Waals surface area contributed by atoms with Gasteiger partial charge in [-0.2, -0.15) is 0 Å². The minimum absolute atomic E-state index is 0.194. The molecule has 138 valence electrons. The number of rotatable bonds is 6. The molecule has 0 aliphatic heterocycles. The number of aromatic nitrogens is 2. The third kappa shape index (κ3) is 4.70. The fraction of sp³-hybridized carbons (Fsp3) is 0.227. The van der Waals surface area contributed by atoms with Crippen LogP contribution in [0.25, 0.3) is 0 Å². The molecule has 0 saturated carbocycles. The summed E-state index contributed by atoms with van der Waals surface area (Å²) in [6, 6.07) is 19.7. The van der Waals surface area contributed by atoms with Gasteiger partial charge in [0, 0.05) is 24.5 Å². The molecule has 0 saturated heterocycles. The van der Waals surface area contributed by atoms with Gasteiger partial charge in [0.1, 0.15) is 5.69 Å². The lowest BCUT2D eigenvalue weighted by molar-refractivity contribution is 0.102. The molecular formula is C22H24N4O. The first-order valence-corrected chi connectivity index (χ1v) is 9.05. The molecular weight excluding hydrogens is 336 g/mol. The van der Waals surface area contributed by atoms with E-state index in [1.54, 1.807) is 12.3 Å². The number of para-hydroxylation sites is 1. The van der Waals surface area contributed by atoms with Crippen LogP contribution in [-0.4, -0.2) is 21.9 Å². The van der Waals surface area contributed by atoms with Gasteiger partial charge in [0.2, 0.25) is 5.95 Å². The van der Waals surface area contributed by atoms with Gasteiger partial charge in [0.15, 0.2) is 0 Å². The fourth-order valence-electron chi connectivity index (χ4n) is 2.78. The molecule has 0 bridgehead atoms. The number of hydrogen-bond donors (Lipinski definition) is 1. The Labute approximate surface area is 160 Å². The van der Waals surface area contributed by atoms with Crippen LogP contribution in [0, 0.1) is 6.92 Å². The Hall–Kier alpha value is -3.21. The minimum Gasteiger partial charge on any atom is -0.334 e. The normalized spacial score (nSPS) is 10.7. The van der Waals surface area contributed by atoms with Gasteiger partial charge < -0.3 is 10.2 Å². The number of aryl methyl sites for hydroxylation is 1. The molecule has 0 aliphatic rings. The Morgan fingerprint density at radius 2 is 1.74 bits per heavy atom. The van der Waals surface area contributed by atoms with Crippen molar-refractivity contribution in [2.24, 2.45) is 0 Å². The van der Waals surface area contributed by atoms with Crippen molar-refractivity contribution in [3.8, 4) is 0 Å². The third-order valence-corrected chi connectivity index (χ3v) is 4.34. The molecule has 1 amide bonds. The van der Waals surface area contributed by atoms with E-state index in [1.165, 1.54) is 5.56 Å². The van der Waals surface area contributed by atoms with Crippen LogP contribution in [-0.2, 0) is 6.54 Å². The largest absolute Gasteiger partial charge is 0.334 e. The molecule has 1 aromatic heterocycles. The van der Waals surface area contributed by atoms with Crippen LogP contribution in [0.1, 0.15) is 35.5 Å². The van der Waals surface area contributed by atoms with Gasteiger partial charge in [-0.05, 0) is 44.0 Å². The van der Waals surface area contributed by atoms with Gasteiger partial charge in [-0.3, -0.25) is 4.79 Å². The summed E-state index contributed by atoms with van der Waals surface area (Å²) in [5, 5.41) is 2.92. The second-order valence-corrected chi connectivity index (χ2v) is 6.72. The molecule has 3 rings (SSSR count). The number of carbonyl (C=O) groups excluding carboxylic acids is 1. The molecule has 2 aromatic carbocycles. The van der Waals surface area contributed by atoms with E-state index in [9.17, 15) is 4.79 Å². The molecule has 0 spiro atoms. The van der Waals surface area contributed by atoms with E-state index < -0.39 is 0 Å². The molecule has 0 fully saturated rings. The highest BCUT2D eigenvalue weighted by atomic mass is 16.1. The minimum atomic E-state index is -0.239. The van der Waals surface area contributed by atoms with E-state index in [-0.39, 0.29) is 11.9 Å². The quantitative estimate of drug-likeness (QED) is 0.705. The SMILES string of the molecule is Cc1ccccc1NC(=O)c1ccnc(N(Cc2ccccc2)C(C)C)n1. The zero-order chi connectivity index (χ0) is 19.2. The summed E-state index contributed by atoms with van der Waals surface area (Å²) in [5.41, 5.74) is 3.31. The van der Waals surface area contributed by atoms with Gasteiger partial charge in [-0.15, -0.1) is 0 Å². The lowest BCUT2D eigenvalue weighted by Gasteiger charge is -2.27. The Morgan fingerprint density at radius 3 is 2.44 bits per heavy atom. The van der Waals surface area contributed by atoms with Crippen LogP contribution in [0.15, 0.2) is 66.9 Å². The van der Waals surface area contributed by atoms with E-state index in [4.69, 9.17) is 0 Å². The highest BCUT2D eigenvalue weighted by Crippen LogP contribution is 2.18. The average Bonchev–Trinajstić information content (AvgIpc) is 2.68. The lowest BCUT2D eigenvalue weighted by Crippen LogP contribution is -2.32. The molecule has 5 heteroatoms. The van der Waals surface area contributed by atoms with Crippen molar-refractivity contribution in [1.29, 1.82) is 0 Å². The van der Waals surface area contributed by atoms with E-state index in [1.807, 2.05) is 49.4 Å². The number of hydrogen-bond acceptors (Lipinski definition) is 4. The molecule has 5 nitrogen and oxygen atoms in total. The first-order chi connectivity index (χ1) is 13.0. The van der Waals surface area contributed by atoms with Crippen molar-refractivity contribution in [3.05, 3.63) is 83.7 Å². The fourth-order valence-corrected chi connectivity index (χ4v) is 2.78. The topological polar surface area (TPSA) is 58.1 Å². The van der Waals surface area contributed by atoms with E-state index in [2.05, 4.69) is 46.2 Å². The number of carbonyl (C=O) groups is 1. The van der Waals surface area contributed by atoms with Gasteiger partial charge in [-0.25, -0.2) is 9.97 Å². The molecule has 3 aromatic rings. The molecule has 0 unspecified atom stereocenters. The van der Waals surface area contributed by atoms with Crippen LogP contribution in [0.5, 0.6) is 0 Å². The summed E-state index contributed by atoms with van der Waals surface area (Å²) in [6.45, 7) is 6.82. The Bertz CT molecular complexity index is 909. The predicted octanol–water partition coefficient (Wildman–Crippen LogP) is 4.45. The van der Waals surface area contributed by atoms with Crippen molar-refractivity contribution < 1.29 is 4.79 Å². The van der Waals surface area contributed by atoms with Crippen molar-refractivity contribution in [1.82, 2.24) is 9.97 Å². The van der Waals surface area contributed by atoms with Crippen LogP contribution in [0.3, 0.4) is 0 Å². The van der Waals surface area contributed by atoms with Crippen molar-refractivity contribution in [2.45, 2.75) is 33.4 Å². The summed E-state index contributed by atoms with van der Waals surface area (Å²) >= 11 is 0. The van der Waals surface area contributed by atoms with E-state index in [0.717, 1.165) is 11.3 Å². The Kier molecular flexibility index (Phi) is 5.81. The van der Waals surface area contributed by atoms with Crippen molar-refractivity contribution in [3.63, 3.8) is 0 Å². The zero-order valence-electron chi connectivity index (χ0n) is 15.9. The van der Waals surface area contributed by atoms with Gasteiger partial charge in [-0.1, -0.05) is 48.5 Å². The third-order valence-electron chi connectivity index (χ3n) is 4.34. The van der Waals surface area contributed by atoms with Crippen LogP contribution < -0.4 is 10.2 Å². The van der Waals surface area contributed by atoms with Crippen LogP contribution in [0.4, 0.5) is 11.6 Å². The summed E-state index contributed by atoms with van der Waals surface area (Å²) in [6.07, 6.45) is 1.63. The van der Waals surface area contributed by atoms with Crippen molar-refractivity contribution in [2.75, 3.05) is 10.2 Å². The Balaban J connectivity index is 1.82. The molecule has 0 radical (unpaired) electrons. The zero-order valence-corrected chi connectivity index (χ0v) is 15.9. The molecule has 0 atom stereocenters. The van der Waals surface area contributed by atoms with E-state index >= 15 is 0 Å². The van der Waals surface area contributed by atoms with Crippen molar-refractivity contribution >= 4 is 17.5 Å². The lowest BCUT2D eigenvalue weighted by atomic mass is 10.2. The van der Waals surface area contributed by atoms with Crippen LogP contribution >= 0.6 is 0 Å². The van der Waals surface area contributed by atoms with Gasteiger partial charge >= 0.3 is 0 Å². The molecule has 1 N–H and O–H groups in total. The maximum absolute atomic E-state index is 12.6. The summed E-state index contributed by atoms with van der Waals surface area (Å²) in [4.78, 5) is 23.7. The summed E-state index contributed by atoms with van der Waals surface area (Å²) < 4.78 is 0. The number of anilines is 2. The maximum Gasteiger partial charge on any atom is 0.274 e. The standard InChI is InChI=1S/C22H24N4O/c1-16(2)26(15-18-10-5-4-6-11-18)22-23-14-13-20(25-22)21(27)24-19-12-8-7-9-17(19)3/h4-14,16H,15H2,1-3H3,(H,24,27). The van der Waals surface area contributed by atoms with Crippen LogP contribution in [0.2, 0.25) is 0 Å². The number of benzene rings is 2. The first kappa shape index (κ1) is 18.6. The highest BCUT2D eigenvalue weighted by molar-refractivity contribution is 6.03. The van der Waals surface area contributed by atoms with Gasteiger partial charge in [0.05, 0.1) is 0 Å². The number of nitrogens with one attached hydrogen (secondary N) is 1. The smallest absolute Gasteiger partial charge is 0.274 e. The summed E-state index contributed by atoms with van der Waals surface area (Å²) in [5.74, 6) is 0.308. The highest BCUT2D eigenvalue weighted by Gasteiger charge is 2.17.